The van der Waals surface area contributed by atoms with E-state index in [1.54, 1.807) is 0 Å². The Morgan fingerprint density at radius 2 is 2.00 bits per heavy atom. The van der Waals surface area contributed by atoms with E-state index in [2.05, 4.69) is 6.92 Å². The molecule has 2 unspecified atom stereocenters. The van der Waals surface area contributed by atoms with Crippen molar-refractivity contribution in [2.75, 3.05) is 6.61 Å². The molecule has 0 N–H and O–H groups in total. The Bertz CT molecular complexity index is 138. The molecule has 0 aromatic rings. The maximum atomic E-state index is 6.10. The van der Waals surface area contributed by atoms with Gasteiger partial charge in [0.2, 0.25) is 0 Å². The second-order valence-electron chi connectivity index (χ2n) is 4.33. The number of hydrogen-bond acceptors (Lipinski definition) is 1. The molecule has 1 rings (SSSR count). The molecule has 1 heterocycles. The molecule has 0 radical (unpaired) electrons. The fourth-order valence-electron chi connectivity index (χ4n) is 2.09. The fraction of sp³-hybridized carbons (Fsp3) is 1.00. The van der Waals surface area contributed by atoms with E-state index in [-0.39, 0.29) is 5.56 Å². The van der Waals surface area contributed by atoms with Gasteiger partial charge in [-0.05, 0) is 25.2 Å². The minimum absolute atomic E-state index is 0.00470. The summed E-state index contributed by atoms with van der Waals surface area (Å²) in [7, 11) is 0. The Hall–Kier alpha value is 0.250. The van der Waals surface area contributed by atoms with Gasteiger partial charge < -0.3 is 4.74 Å². The molecule has 14 heavy (non-hydrogen) atoms. The Kier molecular flexibility index (Phi) is 6.63. The van der Waals surface area contributed by atoms with Gasteiger partial charge >= 0.3 is 0 Å². The molecule has 1 aliphatic rings. The first-order valence-electron chi connectivity index (χ1n) is 6.10. The number of halogens is 1. The number of alkyl halides is 1. The third-order valence-corrected chi connectivity index (χ3v) is 3.53. The summed E-state index contributed by atoms with van der Waals surface area (Å²) >= 11 is 6.10. The minimum Gasteiger partial charge on any atom is -0.362 e. The molecule has 0 saturated carbocycles. The molecule has 1 aliphatic heterocycles. The van der Waals surface area contributed by atoms with Crippen molar-refractivity contribution < 1.29 is 4.74 Å². The van der Waals surface area contributed by atoms with Crippen molar-refractivity contribution in [3.05, 3.63) is 0 Å². The lowest BCUT2D eigenvalue weighted by Crippen LogP contribution is -2.24. The van der Waals surface area contributed by atoms with Gasteiger partial charge in [0, 0.05) is 6.61 Å². The van der Waals surface area contributed by atoms with Gasteiger partial charge in [-0.1, -0.05) is 50.6 Å². The maximum Gasteiger partial charge on any atom is 0.133 e. The smallest absolute Gasteiger partial charge is 0.133 e. The molecule has 0 aromatic heterocycles. The number of unbranched alkanes of at least 4 members (excludes halogenated alkanes) is 4. The average molecular weight is 219 g/mol. The van der Waals surface area contributed by atoms with E-state index in [1.807, 2.05) is 0 Å². The summed E-state index contributed by atoms with van der Waals surface area (Å²) in [6.45, 7) is 3.12. The van der Waals surface area contributed by atoms with Gasteiger partial charge in [-0.15, -0.1) is 0 Å². The lowest BCUT2D eigenvalue weighted by molar-refractivity contribution is 0.0213. The molecule has 84 valence electrons. The molecule has 1 saturated heterocycles. The van der Waals surface area contributed by atoms with Gasteiger partial charge in [0.25, 0.3) is 0 Å². The zero-order valence-electron chi connectivity index (χ0n) is 9.30. The number of hydrogen-bond donors (Lipinski definition) is 0. The topological polar surface area (TPSA) is 9.23 Å². The highest BCUT2D eigenvalue weighted by atomic mass is 35.5. The normalized spacial score (nSPS) is 27.9. The van der Waals surface area contributed by atoms with Crippen LogP contribution in [0, 0.1) is 5.92 Å². The predicted molar refractivity (Wildman–Crippen MR) is 61.7 cm³/mol. The standard InChI is InChI=1S/C12H23ClO/c1-2-3-4-5-6-8-11-9-7-10-14-12(11)13/h11-12H,2-10H2,1H3. The quantitative estimate of drug-likeness (QED) is 0.476. The van der Waals surface area contributed by atoms with Gasteiger partial charge in [-0.25, -0.2) is 0 Å². The fourth-order valence-corrected chi connectivity index (χ4v) is 2.44. The molecule has 0 bridgehead atoms. The summed E-state index contributed by atoms with van der Waals surface area (Å²) in [6, 6.07) is 0. The van der Waals surface area contributed by atoms with Crippen LogP contribution in [0.1, 0.15) is 58.3 Å². The van der Waals surface area contributed by atoms with Gasteiger partial charge in [-0.3, -0.25) is 0 Å². The van der Waals surface area contributed by atoms with Crippen LogP contribution in [0.25, 0.3) is 0 Å². The highest BCUT2D eigenvalue weighted by molar-refractivity contribution is 6.19. The summed E-state index contributed by atoms with van der Waals surface area (Å²) in [5, 5.41) is 0. The monoisotopic (exact) mass is 218 g/mol. The van der Waals surface area contributed by atoms with E-state index in [4.69, 9.17) is 16.3 Å². The predicted octanol–water partition coefficient (Wildman–Crippen LogP) is 4.34. The van der Waals surface area contributed by atoms with Crippen LogP contribution in [0.15, 0.2) is 0 Å². The van der Waals surface area contributed by atoms with Crippen LogP contribution >= 0.6 is 11.6 Å². The van der Waals surface area contributed by atoms with Crippen molar-refractivity contribution in [3.63, 3.8) is 0 Å². The molecule has 0 aliphatic carbocycles. The number of ether oxygens (including phenoxy) is 1. The van der Waals surface area contributed by atoms with Gasteiger partial charge in [0.05, 0.1) is 0 Å². The minimum atomic E-state index is -0.00470. The van der Waals surface area contributed by atoms with Crippen molar-refractivity contribution in [3.8, 4) is 0 Å². The highest BCUT2D eigenvalue weighted by Gasteiger charge is 2.22. The van der Waals surface area contributed by atoms with Crippen LogP contribution in [-0.4, -0.2) is 12.2 Å². The van der Waals surface area contributed by atoms with E-state index in [0.717, 1.165) is 6.61 Å². The van der Waals surface area contributed by atoms with E-state index < -0.39 is 0 Å². The lowest BCUT2D eigenvalue weighted by atomic mass is 9.95. The Labute approximate surface area is 93.2 Å². The molecule has 1 fully saturated rings. The third-order valence-electron chi connectivity index (χ3n) is 3.05. The molecule has 0 amide bonds. The van der Waals surface area contributed by atoms with Crippen molar-refractivity contribution in [1.82, 2.24) is 0 Å². The average Bonchev–Trinajstić information content (AvgIpc) is 2.20. The van der Waals surface area contributed by atoms with Crippen molar-refractivity contribution in [1.29, 1.82) is 0 Å². The summed E-state index contributed by atoms with van der Waals surface area (Å²) in [5.74, 6) is 0.618. The Morgan fingerprint density at radius 3 is 2.71 bits per heavy atom. The van der Waals surface area contributed by atoms with E-state index >= 15 is 0 Å². The van der Waals surface area contributed by atoms with E-state index in [0.29, 0.717) is 5.92 Å². The molecular formula is C12H23ClO. The molecule has 2 atom stereocenters. The van der Waals surface area contributed by atoms with Gasteiger partial charge in [0.15, 0.2) is 0 Å². The molecule has 0 aromatic carbocycles. The van der Waals surface area contributed by atoms with Crippen molar-refractivity contribution in [2.45, 2.75) is 63.9 Å². The summed E-state index contributed by atoms with van der Waals surface area (Å²) in [4.78, 5) is 0. The van der Waals surface area contributed by atoms with Crippen LogP contribution in [0.2, 0.25) is 0 Å². The summed E-state index contributed by atoms with van der Waals surface area (Å²) in [5.41, 5.74) is -0.00470. The molecule has 0 spiro atoms. The first kappa shape index (κ1) is 12.3. The van der Waals surface area contributed by atoms with Crippen LogP contribution in [0.5, 0.6) is 0 Å². The van der Waals surface area contributed by atoms with E-state index in [1.165, 1.54) is 51.4 Å². The van der Waals surface area contributed by atoms with Crippen molar-refractivity contribution in [2.24, 2.45) is 5.92 Å². The summed E-state index contributed by atoms with van der Waals surface area (Å²) < 4.78 is 5.43. The number of rotatable bonds is 6. The Balaban J connectivity index is 1.99. The lowest BCUT2D eigenvalue weighted by Gasteiger charge is -2.27. The molecule has 2 heteroatoms. The molecule has 1 nitrogen and oxygen atoms in total. The van der Waals surface area contributed by atoms with E-state index in [9.17, 15) is 0 Å². The first-order valence-corrected chi connectivity index (χ1v) is 6.54. The second kappa shape index (κ2) is 7.53. The van der Waals surface area contributed by atoms with Crippen molar-refractivity contribution >= 4 is 11.6 Å². The van der Waals surface area contributed by atoms with Crippen LogP contribution in [0.4, 0.5) is 0 Å². The molecular weight excluding hydrogens is 196 g/mol. The highest BCUT2D eigenvalue weighted by Crippen LogP contribution is 2.28. The van der Waals surface area contributed by atoms with Gasteiger partial charge in [-0.2, -0.15) is 0 Å². The van der Waals surface area contributed by atoms with Crippen LogP contribution < -0.4 is 0 Å². The zero-order valence-corrected chi connectivity index (χ0v) is 10.1. The zero-order chi connectivity index (χ0) is 10.2. The van der Waals surface area contributed by atoms with Crippen LogP contribution in [-0.2, 0) is 4.74 Å². The van der Waals surface area contributed by atoms with Crippen LogP contribution in [0.3, 0.4) is 0 Å². The second-order valence-corrected chi connectivity index (χ2v) is 4.76. The maximum absolute atomic E-state index is 6.10. The van der Waals surface area contributed by atoms with Gasteiger partial charge in [0.1, 0.15) is 5.56 Å². The Morgan fingerprint density at radius 1 is 1.21 bits per heavy atom. The SMILES string of the molecule is CCCCCCCC1CCCOC1Cl. The largest absolute Gasteiger partial charge is 0.362 e. The third kappa shape index (κ3) is 4.65. The summed E-state index contributed by atoms with van der Waals surface area (Å²) in [6.07, 6.45) is 10.5. The first-order chi connectivity index (χ1) is 6.84.